The predicted octanol–water partition coefficient (Wildman–Crippen LogP) is 9.56. The van der Waals surface area contributed by atoms with Crippen molar-refractivity contribution in [2.75, 3.05) is 0 Å². The fourth-order valence-corrected chi connectivity index (χ4v) is 5.34. The summed E-state index contributed by atoms with van der Waals surface area (Å²) in [4.78, 5) is 5.25. The summed E-state index contributed by atoms with van der Waals surface area (Å²) in [5, 5.41) is 2.38. The minimum absolute atomic E-state index is 0.942. The first-order valence-electron chi connectivity index (χ1n) is 13.1. The van der Waals surface area contributed by atoms with Crippen LogP contribution in [0, 0.1) is 20.8 Å². The van der Waals surface area contributed by atoms with Gasteiger partial charge < -0.3 is 0 Å². The summed E-state index contributed by atoms with van der Waals surface area (Å²) in [6, 6.07) is 45.2. The molecule has 0 bridgehead atoms. The number of hydrogen-bond acceptors (Lipinski definition) is 1. The van der Waals surface area contributed by atoms with Crippen molar-refractivity contribution in [1.29, 1.82) is 0 Å². The van der Waals surface area contributed by atoms with Gasteiger partial charge in [0.05, 0.1) is 11.0 Å². The lowest BCUT2D eigenvalue weighted by Crippen LogP contribution is -1.99. The molecule has 0 fully saturated rings. The number of para-hydroxylation sites is 3. The van der Waals surface area contributed by atoms with Gasteiger partial charge in [0.1, 0.15) is 5.82 Å². The quantitative estimate of drug-likeness (QED) is 0.241. The third-order valence-electron chi connectivity index (χ3n) is 7.20. The molecule has 0 saturated heterocycles. The van der Waals surface area contributed by atoms with Gasteiger partial charge in [0.15, 0.2) is 0 Å². The highest BCUT2D eigenvalue weighted by atomic mass is 15.1. The highest BCUT2D eigenvalue weighted by molar-refractivity contribution is 6.04. The van der Waals surface area contributed by atoms with Gasteiger partial charge in [-0.2, -0.15) is 0 Å². The minimum Gasteiger partial charge on any atom is -0.292 e. The number of aromatic nitrogens is 2. The molecule has 1 aromatic heterocycles. The lowest BCUT2D eigenvalue weighted by atomic mass is 9.93. The molecule has 5 aromatic carbocycles. The molecule has 2 nitrogen and oxygen atoms in total. The molecule has 2 heteroatoms. The molecule has 0 aliphatic carbocycles. The number of nitrogens with zero attached hydrogens (tertiary/aromatic N) is 2. The van der Waals surface area contributed by atoms with Crippen LogP contribution in [0.25, 0.3) is 50.0 Å². The molecular formula is C36H30N2. The Morgan fingerprint density at radius 2 is 1.05 bits per heavy atom. The molecule has 1 heterocycles. The van der Waals surface area contributed by atoms with Crippen molar-refractivity contribution in [2.24, 2.45) is 0 Å². The van der Waals surface area contributed by atoms with E-state index in [2.05, 4.69) is 153 Å². The molecule has 6 rings (SSSR count). The fraction of sp³-hybridized carbons (Fsp3) is 0.0833. The average Bonchev–Trinajstić information content (AvgIpc) is 3.32. The van der Waals surface area contributed by atoms with E-state index in [4.69, 9.17) is 4.98 Å². The molecule has 6 aromatic rings. The minimum atomic E-state index is 0.942. The molecule has 0 amide bonds. The van der Waals surface area contributed by atoms with E-state index in [1.165, 1.54) is 33.0 Å². The summed E-state index contributed by atoms with van der Waals surface area (Å²) in [6.45, 7) is 6.53. The first kappa shape index (κ1) is 23.7. The maximum atomic E-state index is 5.25. The van der Waals surface area contributed by atoms with E-state index in [1.807, 2.05) is 0 Å². The molecule has 38 heavy (non-hydrogen) atoms. The lowest BCUT2D eigenvalue weighted by Gasteiger charge is -2.15. The van der Waals surface area contributed by atoms with Crippen LogP contribution >= 0.6 is 0 Å². The number of benzene rings is 4. The van der Waals surface area contributed by atoms with Crippen molar-refractivity contribution in [1.82, 2.24) is 9.55 Å². The summed E-state index contributed by atoms with van der Waals surface area (Å²) in [6.07, 6.45) is 0. The highest BCUT2D eigenvalue weighted by Gasteiger charge is 2.18. The summed E-state index contributed by atoms with van der Waals surface area (Å²) >= 11 is 0. The zero-order valence-electron chi connectivity index (χ0n) is 22.0. The highest BCUT2D eigenvalue weighted by Crippen LogP contribution is 2.37. The molecule has 0 N–H and O–H groups in total. The van der Waals surface area contributed by atoms with Gasteiger partial charge in [0.2, 0.25) is 0 Å². The van der Waals surface area contributed by atoms with Crippen molar-refractivity contribution in [3.63, 3.8) is 0 Å². The van der Waals surface area contributed by atoms with Crippen LogP contribution in [0.1, 0.15) is 16.7 Å². The Hall–Kier alpha value is -4.69. The Morgan fingerprint density at radius 3 is 1.76 bits per heavy atom. The third-order valence-corrected chi connectivity index (χ3v) is 7.20. The number of hydrogen-bond donors (Lipinski definition) is 0. The summed E-state index contributed by atoms with van der Waals surface area (Å²) in [7, 11) is 0. The van der Waals surface area contributed by atoms with Gasteiger partial charge >= 0.3 is 0 Å². The van der Waals surface area contributed by atoms with Gasteiger partial charge in [-0.15, -0.1) is 0 Å². The molecule has 0 atom stereocenters. The normalized spacial score (nSPS) is 11.0. The van der Waals surface area contributed by atoms with Crippen LogP contribution in [0.3, 0.4) is 0 Å². The molecule has 0 unspecified atom stereocenters. The van der Waals surface area contributed by atoms with E-state index in [9.17, 15) is 0 Å². The number of rotatable bonds is 3. The van der Waals surface area contributed by atoms with Crippen LogP contribution in [0.2, 0.25) is 0 Å². The molecular weight excluding hydrogens is 460 g/mol. The molecule has 0 aliphatic rings. The van der Waals surface area contributed by atoms with Crippen molar-refractivity contribution in [3.05, 3.63) is 144 Å². The van der Waals surface area contributed by atoms with Gasteiger partial charge in [-0.1, -0.05) is 109 Å². The maximum Gasteiger partial charge on any atom is 0.146 e. The molecule has 0 spiro atoms. The van der Waals surface area contributed by atoms with E-state index >= 15 is 0 Å². The van der Waals surface area contributed by atoms with Crippen molar-refractivity contribution in [3.8, 4) is 28.2 Å². The van der Waals surface area contributed by atoms with Gasteiger partial charge in [-0.3, -0.25) is 4.57 Å². The van der Waals surface area contributed by atoms with E-state index in [0.717, 1.165) is 33.7 Å². The van der Waals surface area contributed by atoms with E-state index in [1.54, 1.807) is 0 Å². The Labute approximate surface area is 224 Å². The van der Waals surface area contributed by atoms with Crippen molar-refractivity contribution in [2.45, 2.75) is 20.8 Å². The number of imidazole rings is 1. The SMILES string of the molecule is Cc1ccc(-c2c(C)ccccc(C)c(-c3nc4ccccc4n3-c3ccccc3)c3ccccc23)cc1. The van der Waals surface area contributed by atoms with Crippen LogP contribution in [-0.2, 0) is 0 Å². The Balaban J connectivity index is 1.82. The van der Waals surface area contributed by atoms with Gasteiger partial charge in [-0.05, 0) is 78.1 Å². The van der Waals surface area contributed by atoms with E-state index in [0.29, 0.717) is 0 Å². The zero-order chi connectivity index (χ0) is 26.1. The van der Waals surface area contributed by atoms with E-state index < -0.39 is 0 Å². The fourth-order valence-electron chi connectivity index (χ4n) is 5.34. The van der Waals surface area contributed by atoms with E-state index in [-0.39, 0.29) is 0 Å². The van der Waals surface area contributed by atoms with Crippen molar-refractivity contribution < 1.29 is 0 Å². The van der Waals surface area contributed by atoms with Gasteiger partial charge in [0.25, 0.3) is 0 Å². The second kappa shape index (κ2) is 9.99. The lowest BCUT2D eigenvalue weighted by molar-refractivity contribution is 1.10. The monoisotopic (exact) mass is 490 g/mol. The Bertz CT molecular complexity index is 1830. The average molecular weight is 491 g/mol. The van der Waals surface area contributed by atoms with Crippen LogP contribution in [0.5, 0.6) is 0 Å². The van der Waals surface area contributed by atoms with Crippen molar-refractivity contribution >= 4 is 21.8 Å². The predicted molar refractivity (Wildman–Crippen MR) is 161 cm³/mol. The summed E-state index contributed by atoms with van der Waals surface area (Å²) in [5.41, 5.74) is 10.4. The molecule has 184 valence electrons. The van der Waals surface area contributed by atoms with Crippen LogP contribution in [-0.4, -0.2) is 9.55 Å². The number of fused-ring (bicyclic) bond motifs is 2. The van der Waals surface area contributed by atoms with Crippen LogP contribution in [0.4, 0.5) is 0 Å². The van der Waals surface area contributed by atoms with Gasteiger partial charge in [0, 0.05) is 11.3 Å². The maximum absolute atomic E-state index is 5.25. The van der Waals surface area contributed by atoms with Crippen LogP contribution in [0.15, 0.2) is 127 Å². The second-order valence-corrected chi connectivity index (χ2v) is 9.84. The first-order valence-corrected chi connectivity index (χ1v) is 13.1. The Morgan fingerprint density at radius 1 is 0.500 bits per heavy atom. The summed E-state index contributed by atoms with van der Waals surface area (Å²) < 4.78 is 2.29. The summed E-state index contributed by atoms with van der Waals surface area (Å²) in [5.74, 6) is 0.942. The zero-order valence-corrected chi connectivity index (χ0v) is 22.0. The smallest absolute Gasteiger partial charge is 0.146 e. The largest absolute Gasteiger partial charge is 0.292 e. The standard InChI is InChI=1S/C36H30N2/c1-25-21-23-28(24-22-25)34-26(2)13-7-8-14-27(3)35(31-18-10-9-17-30(31)34)36-37-32-19-11-12-20-33(32)38(36)29-15-5-4-6-16-29/h4-24H,1-3H3. The first-order chi connectivity index (χ1) is 18.6. The third kappa shape index (κ3) is 4.25. The number of aryl methyl sites for hydroxylation is 3. The van der Waals surface area contributed by atoms with Gasteiger partial charge in [-0.25, -0.2) is 4.98 Å². The second-order valence-electron chi connectivity index (χ2n) is 9.84. The Kier molecular flexibility index (Phi) is 6.23. The molecule has 0 saturated carbocycles. The van der Waals surface area contributed by atoms with Crippen LogP contribution < -0.4 is 0 Å². The topological polar surface area (TPSA) is 17.8 Å². The molecule has 0 radical (unpaired) electrons. The molecule has 0 aliphatic heterocycles.